The molecule has 0 bridgehead atoms. The summed E-state index contributed by atoms with van der Waals surface area (Å²) >= 11 is 0. The number of rotatable bonds is 8. The minimum absolute atomic E-state index is 0.00181. The molecule has 0 spiro atoms. The van der Waals surface area contributed by atoms with E-state index in [1.165, 1.54) is 5.56 Å². The number of benzene rings is 1. The van der Waals surface area contributed by atoms with E-state index in [9.17, 15) is 0 Å². The molecular weight excluding hydrogens is 338 g/mol. The zero-order chi connectivity index (χ0) is 19.9. The van der Waals surface area contributed by atoms with Crippen molar-refractivity contribution in [1.29, 1.82) is 0 Å². The van der Waals surface area contributed by atoms with Crippen molar-refractivity contribution in [1.82, 2.24) is 10.2 Å². The van der Waals surface area contributed by atoms with Crippen LogP contribution in [0.3, 0.4) is 0 Å². The number of nitrogens with one attached hydrogen (secondary N) is 1. The zero-order valence-corrected chi connectivity index (χ0v) is 17.9. The van der Waals surface area contributed by atoms with Crippen molar-refractivity contribution >= 4 is 5.96 Å². The third-order valence-corrected chi connectivity index (χ3v) is 5.11. The molecule has 1 fully saturated rings. The maximum atomic E-state index is 5.80. The molecule has 1 aromatic carbocycles. The number of aliphatic imine (C=N–C) groups is 1. The second kappa shape index (κ2) is 9.98. The van der Waals surface area contributed by atoms with Crippen LogP contribution in [-0.4, -0.2) is 57.9 Å². The van der Waals surface area contributed by atoms with Crippen LogP contribution in [0.4, 0.5) is 0 Å². The molecule has 0 aliphatic carbocycles. The van der Waals surface area contributed by atoms with Crippen molar-refractivity contribution < 1.29 is 9.47 Å². The monoisotopic (exact) mass is 375 g/mol. The van der Waals surface area contributed by atoms with Crippen LogP contribution in [0.5, 0.6) is 5.75 Å². The highest BCUT2D eigenvalue weighted by Gasteiger charge is 2.27. The van der Waals surface area contributed by atoms with Crippen molar-refractivity contribution in [3.63, 3.8) is 0 Å². The van der Waals surface area contributed by atoms with E-state index >= 15 is 0 Å². The molecule has 0 radical (unpaired) electrons. The third-order valence-electron chi connectivity index (χ3n) is 5.11. The fraction of sp³-hybridized carbons (Fsp3) is 0.682. The Morgan fingerprint density at radius 2 is 2.00 bits per heavy atom. The average Bonchev–Trinajstić information content (AvgIpc) is 3.09. The van der Waals surface area contributed by atoms with E-state index < -0.39 is 0 Å². The first kappa shape index (κ1) is 21.5. The maximum Gasteiger partial charge on any atom is 0.193 e. The first-order valence-electron chi connectivity index (χ1n) is 10.0. The van der Waals surface area contributed by atoms with Gasteiger partial charge in [0, 0.05) is 45.1 Å². The smallest absolute Gasteiger partial charge is 0.193 e. The van der Waals surface area contributed by atoms with E-state index in [0.717, 1.165) is 51.0 Å². The number of methoxy groups -OCH3 is 1. The Bertz CT molecular complexity index is 596. The fourth-order valence-electron chi connectivity index (χ4n) is 3.40. The van der Waals surface area contributed by atoms with E-state index in [2.05, 4.69) is 67.2 Å². The lowest BCUT2D eigenvalue weighted by molar-refractivity contribution is 0.157. The lowest BCUT2D eigenvalue weighted by atomic mass is 9.84. The molecule has 1 aliphatic rings. The lowest BCUT2D eigenvalue weighted by Crippen LogP contribution is -2.45. The lowest BCUT2D eigenvalue weighted by Gasteiger charge is -2.29. The molecule has 0 aromatic heterocycles. The van der Waals surface area contributed by atoms with Crippen LogP contribution in [0.2, 0.25) is 0 Å². The molecule has 152 valence electrons. The van der Waals surface area contributed by atoms with Gasteiger partial charge in [-0.1, -0.05) is 39.8 Å². The van der Waals surface area contributed by atoms with Crippen molar-refractivity contribution in [2.75, 3.05) is 47.0 Å². The molecule has 2 rings (SSSR count). The van der Waals surface area contributed by atoms with Gasteiger partial charge in [-0.25, -0.2) is 0 Å². The standard InChI is InChI=1S/C22H37N3O2/c1-17(2)14-27-20-9-7-19(8-10-20)22(3,4)16-24-21(23-5)25-12-11-18(13-25)15-26-6/h7-10,17-18H,11-16H2,1-6H3,(H,23,24). The summed E-state index contributed by atoms with van der Waals surface area (Å²) in [4.78, 5) is 6.82. The molecule has 27 heavy (non-hydrogen) atoms. The second-order valence-electron chi connectivity index (χ2n) is 8.57. The van der Waals surface area contributed by atoms with Gasteiger partial charge < -0.3 is 19.7 Å². The summed E-state index contributed by atoms with van der Waals surface area (Å²) < 4.78 is 11.1. The summed E-state index contributed by atoms with van der Waals surface area (Å²) in [5, 5.41) is 3.57. The highest BCUT2D eigenvalue weighted by atomic mass is 16.5. The molecule has 1 aliphatic heterocycles. The molecule has 1 unspecified atom stereocenters. The Kier molecular flexibility index (Phi) is 7.96. The van der Waals surface area contributed by atoms with Gasteiger partial charge in [0.15, 0.2) is 5.96 Å². The molecule has 1 atom stereocenters. The summed E-state index contributed by atoms with van der Waals surface area (Å²) in [6.07, 6.45) is 1.16. The highest BCUT2D eigenvalue weighted by Crippen LogP contribution is 2.25. The van der Waals surface area contributed by atoms with Crippen molar-refractivity contribution in [2.24, 2.45) is 16.8 Å². The van der Waals surface area contributed by atoms with Crippen LogP contribution < -0.4 is 10.1 Å². The minimum Gasteiger partial charge on any atom is -0.493 e. The molecule has 1 N–H and O–H groups in total. The maximum absolute atomic E-state index is 5.80. The topological polar surface area (TPSA) is 46.1 Å². The molecule has 0 amide bonds. The van der Waals surface area contributed by atoms with E-state index in [1.54, 1.807) is 7.11 Å². The highest BCUT2D eigenvalue weighted by molar-refractivity contribution is 5.80. The van der Waals surface area contributed by atoms with Crippen LogP contribution >= 0.6 is 0 Å². The molecule has 1 saturated heterocycles. The summed E-state index contributed by atoms with van der Waals surface area (Å²) in [7, 11) is 3.64. The number of ether oxygens (including phenoxy) is 2. The Morgan fingerprint density at radius 1 is 1.30 bits per heavy atom. The van der Waals surface area contributed by atoms with E-state index in [-0.39, 0.29) is 5.41 Å². The van der Waals surface area contributed by atoms with E-state index in [1.807, 2.05) is 7.05 Å². The van der Waals surface area contributed by atoms with Gasteiger partial charge in [0.25, 0.3) is 0 Å². The van der Waals surface area contributed by atoms with Crippen molar-refractivity contribution in [2.45, 2.75) is 39.5 Å². The fourth-order valence-corrected chi connectivity index (χ4v) is 3.40. The molecular formula is C22H37N3O2. The number of nitrogens with zero attached hydrogens (tertiary/aromatic N) is 2. The molecule has 1 heterocycles. The summed E-state index contributed by atoms with van der Waals surface area (Å²) in [6.45, 7) is 13.3. The Labute approximate surface area is 165 Å². The van der Waals surface area contributed by atoms with Gasteiger partial charge in [0.1, 0.15) is 5.75 Å². The molecule has 5 nitrogen and oxygen atoms in total. The van der Waals surface area contributed by atoms with Gasteiger partial charge in [-0.3, -0.25) is 4.99 Å². The quantitative estimate of drug-likeness (QED) is 0.558. The molecule has 5 heteroatoms. The Balaban J connectivity index is 1.91. The summed E-state index contributed by atoms with van der Waals surface area (Å²) in [5.41, 5.74) is 1.29. The molecule has 1 aromatic rings. The van der Waals surface area contributed by atoms with Crippen molar-refractivity contribution in [3.05, 3.63) is 29.8 Å². The van der Waals surface area contributed by atoms with Crippen LogP contribution in [0.15, 0.2) is 29.3 Å². The van der Waals surface area contributed by atoms with Crippen LogP contribution in [0.1, 0.15) is 39.7 Å². The zero-order valence-electron chi connectivity index (χ0n) is 17.9. The van der Waals surface area contributed by atoms with Gasteiger partial charge in [-0.15, -0.1) is 0 Å². The SMILES string of the molecule is CN=C(NCC(C)(C)c1ccc(OCC(C)C)cc1)N1CCC(COC)C1. The minimum atomic E-state index is -0.00181. The molecule has 0 saturated carbocycles. The van der Waals surface area contributed by atoms with Gasteiger partial charge in [-0.05, 0) is 30.0 Å². The van der Waals surface area contributed by atoms with Crippen LogP contribution in [-0.2, 0) is 10.2 Å². The largest absolute Gasteiger partial charge is 0.493 e. The Hall–Kier alpha value is -1.75. The number of likely N-dealkylation sites (tertiary alicyclic amines) is 1. The number of hydrogen-bond donors (Lipinski definition) is 1. The first-order chi connectivity index (χ1) is 12.9. The van der Waals surface area contributed by atoms with E-state index in [0.29, 0.717) is 11.8 Å². The average molecular weight is 376 g/mol. The predicted octanol–water partition coefficient (Wildman–Crippen LogP) is 3.54. The first-order valence-corrected chi connectivity index (χ1v) is 10.0. The summed E-state index contributed by atoms with van der Waals surface area (Å²) in [6, 6.07) is 8.49. The van der Waals surface area contributed by atoms with Gasteiger partial charge >= 0.3 is 0 Å². The second-order valence-corrected chi connectivity index (χ2v) is 8.57. The third kappa shape index (κ3) is 6.42. The Morgan fingerprint density at radius 3 is 2.59 bits per heavy atom. The number of hydrogen-bond acceptors (Lipinski definition) is 3. The van der Waals surface area contributed by atoms with Crippen LogP contribution in [0, 0.1) is 11.8 Å². The van der Waals surface area contributed by atoms with Gasteiger partial charge in [0.2, 0.25) is 0 Å². The van der Waals surface area contributed by atoms with Crippen molar-refractivity contribution in [3.8, 4) is 5.75 Å². The normalized spacial score (nSPS) is 18.3. The predicted molar refractivity (Wildman–Crippen MR) is 113 cm³/mol. The van der Waals surface area contributed by atoms with Crippen LogP contribution in [0.25, 0.3) is 0 Å². The van der Waals surface area contributed by atoms with Gasteiger partial charge in [-0.2, -0.15) is 0 Å². The van der Waals surface area contributed by atoms with E-state index in [4.69, 9.17) is 9.47 Å². The number of guanidine groups is 1. The van der Waals surface area contributed by atoms with Gasteiger partial charge in [0.05, 0.1) is 13.2 Å². The summed E-state index contributed by atoms with van der Waals surface area (Å²) in [5.74, 6) is 3.05.